The summed E-state index contributed by atoms with van der Waals surface area (Å²) in [5.74, 6) is 0. The first kappa shape index (κ1) is 12.7. The first-order chi connectivity index (χ1) is 9.92. The van der Waals surface area contributed by atoms with Gasteiger partial charge in [-0.2, -0.15) is 0 Å². The quantitative estimate of drug-likeness (QED) is 0.925. The van der Waals surface area contributed by atoms with E-state index in [4.69, 9.17) is 9.73 Å². The fraction of sp³-hybridized carbons (Fsp3) is 0.250. The number of amidine groups is 1. The molecule has 1 fully saturated rings. The molecule has 4 heteroatoms. The summed E-state index contributed by atoms with van der Waals surface area (Å²) in [5.41, 5.74) is 2.41. The number of pyridine rings is 1. The van der Waals surface area contributed by atoms with Crippen LogP contribution in [0.5, 0.6) is 0 Å². The van der Waals surface area contributed by atoms with Crippen LogP contribution >= 0.6 is 0 Å². The van der Waals surface area contributed by atoms with Crippen molar-refractivity contribution in [2.45, 2.75) is 12.5 Å². The second kappa shape index (κ2) is 6.19. The molecule has 20 heavy (non-hydrogen) atoms. The lowest BCUT2D eigenvalue weighted by Gasteiger charge is -2.14. The van der Waals surface area contributed by atoms with Crippen LogP contribution in [0.2, 0.25) is 0 Å². The minimum absolute atomic E-state index is 0.0548. The molecule has 3 rings (SSSR count). The molecule has 1 N–H and O–H groups in total. The second-order valence-corrected chi connectivity index (χ2v) is 4.70. The monoisotopic (exact) mass is 267 g/mol. The van der Waals surface area contributed by atoms with Crippen molar-refractivity contribution in [3.05, 3.63) is 66.0 Å². The van der Waals surface area contributed by atoms with E-state index in [0.717, 1.165) is 13.0 Å². The van der Waals surface area contributed by atoms with E-state index in [1.54, 1.807) is 0 Å². The molecule has 1 aromatic carbocycles. The molecule has 0 amide bonds. The Hall–Kier alpha value is -2.36. The number of benzene rings is 1. The number of hydrogen-bond acceptors (Lipinski definition) is 3. The van der Waals surface area contributed by atoms with Crippen molar-refractivity contribution in [1.29, 1.82) is 0 Å². The van der Waals surface area contributed by atoms with E-state index in [2.05, 4.69) is 22.4 Å². The van der Waals surface area contributed by atoms with Crippen LogP contribution in [-0.4, -0.2) is 24.2 Å². The summed E-state index contributed by atoms with van der Waals surface area (Å²) in [6.45, 7) is 1.52. The van der Waals surface area contributed by atoms with Crippen molar-refractivity contribution in [1.82, 2.24) is 10.3 Å². The maximum atomic E-state index is 5.47. The van der Waals surface area contributed by atoms with E-state index in [9.17, 15) is 0 Å². The number of aromatic nitrogens is 1. The summed E-state index contributed by atoms with van der Waals surface area (Å²) >= 11 is 0. The molecular weight excluding hydrogens is 250 g/mol. The SMILES string of the molecule is c1ccc(C(Cc2ccncc2)/N=C2/NCCO2)cc1. The normalized spacial score (nSPS) is 17.5. The summed E-state index contributed by atoms with van der Waals surface area (Å²) in [4.78, 5) is 8.76. The number of ether oxygens (including phenoxy) is 1. The lowest BCUT2D eigenvalue weighted by Crippen LogP contribution is -2.17. The van der Waals surface area contributed by atoms with Crippen LogP contribution in [0.3, 0.4) is 0 Å². The van der Waals surface area contributed by atoms with Gasteiger partial charge in [-0.1, -0.05) is 30.3 Å². The van der Waals surface area contributed by atoms with Crippen LogP contribution in [0.1, 0.15) is 17.2 Å². The van der Waals surface area contributed by atoms with E-state index in [-0.39, 0.29) is 6.04 Å². The van der Waals surface area contributed by atoms with Crippen LogP contribution in [-0.2, 0) is 11.2 Å². The van der Waals surface area contributed by atoms with Gasteiger partial charge in [0.15, 0.2) is 0 Å². The summed E-state index contributed by atoms with van der Waals surface area (Å²) in [7, 11) is 0. The third-order valence-corrected chi connectivity index (χ3v) is 3.25. The topological polar surface area (TPSA) is 46.5 Å². The van der Waals surface area contributed by atoms with Gasteiger partial charge in [0.2, 0.25) is 0 Å². The Kier molecular flexibility index (Phi) is 3.92. The summed E-state index contributed by atoms with van der Waals surface area (Å²) in [5, 5.41) is 3.16. The van der Waals surface area contributed by atoms with Crippen molar-refractivity contribution in [3.8, 4) is 0 Å². The minimum Gasteiger partial charge on any atom is -0.463 e. The molecule has 1 aromatic heterocycles. The van der Waals surface area contributed by atoms with Crippen LogP contribution in [0.25, 0.3) is 0 Å². The molecule has 0 radical (unpaired) electrons. The lowest BCUT2D eigenvalue weighted by molar-refractivity contribution is 0.348. The van der Waals surface area contributed by atoms with Gasteiger partial charge in [0.25, 0.3) is 6.02 Å². The Balaban J connectivity index is 1.85. The predicted molar refractivity (Wildman–Crippen MR) is 78.5 cm³/mol. The van der Waals surface area contributed by atoms with Gasteiger partial charge in [0.1, 0.15) is 6.61 Å². The molecule has 4 nitrogen and oxygen atoms in total. The molecule has 0 saturated carbocycles. The first-order valence-corrected chi connectivity index (χ1v) is 6.80. The number of rotatable bonds is 4. The molecule has 0 bridgehead atoms. The maximum absolute atomic E-state index is 5.47. The van der Waals surface area contributed by atoms with Gasteiger partial charge in [-0.25, -0.2) is 4.99 Å². The average molecular weight is 267 g/mol. The molecule has 0 spiro atoms. The van der Waals surface area contributed by atoms with Crippen molar-refractivity contribution >= 4 is 6.02 Å². The number of nitrogens with one attached hydrogen (secondary N) is 1. The first-order valence-electron chi connectivity index (χ1n) is 6.80. The Morgan fingerprint density at radius 3 is 2.65 bits per heavy atom. The lowest BCUT2D eigenvalue weighted by atomic mass is 10.0. The zero-order chi connectivity index (χ0) is 13.6. The van der Waals surface area contributed by atoms with Gasteiger partial charge >= 0.3 is 0 Å². The Morgan fingerprint density at radius 2 is 1.95 bits per heavy atom. The second-order valence-electron chi connectivity index (χ2n) is 4.70. The van der Waals surface area contributed by atoms with Crippen molar-refractivity contribution in [3.63, 3.8) is 0 Å². The molecule has 102 valence electrons. The van der Waals surface area contributed by atoms with E-state index in [1.807, 2.05) is 42.7 Å². The average Bonchev–Trinajstić information content (AvgIpc) is 3.02. The standard InChI is InChI=1S/C16H17N3O/c1-2-4-14(5-3-1)15(19-16-18-10-11-20-16)12-13-6-8-17-9-7-13/h1-9,15H,10-12H2,(H,18,19). The summed E-state index contributed by atoms with van der Waals surface area (Å²) in [6.07, 6.45) is 4.46. The molecule has 2 aromatic rings. The Bertz CT molecular complexity index is 561. The van der Waals surface area contributed by atoms with Gasteiger partial charge in [0.05, 0.1) is 12.6 Å². The largest absolute Gasteiger partial charge is 0.463 e. The minimum atomic E-state index is 0.0548. The van der Waals surface area contributed by atoms with Gasteiger partial charge < -0.3 is 10.1 Å². The van der Waals surface area contributed by atoms with Crippen LogP contribution in [0.4, 0.5) is 0 Å². The van der Waals surface area contributed by atoms with E-state index in [0.29, 0.717) is 12.6 Å². The molecule has 1 aliphatic rings. The molecule has 1 unspecified atom stereocenters. The zero-order valence-electron chi connectivity index (χ0n) is 11.2. The molecule has 1 saturated heterocycles. The molecule has 0 aliphatic carbocycles. The zero-order valence-corrected chi connectivity index (χ0v) is 11.2. The highest BCUT2D eigenvalue weighted by Gasteiger charge is 2.15. The van der Waals surface area contributed by atoms with Crippen LogP contribution in [0.15, 0.2) is 59.9 Å². The van der Waals surface area contributed by atoms with Crippen molar-refractivity contribution < 1.29 is 4.74 Å². The molecule has 2 heterocycles. The highest BCUT2D eigenvalue weighted by molar-refractivity contribution is 5.75. The van der Waals surface area contributed by atoms with E-state index < -0.39 is 0 Å². The highest BCUT2D eigenvalue weighted by Crippen LogP contribution is 2.22. The maximum Gasteiger partial charge on any atom is 0.285 e. The van der Waals surface area contributed by atoms with Gasteiger partial charge in [0, 0.05) is 12.4 Å². The number of nitrogens with zero attached hydrogens (tertiary/aromatic N) is 2. The van der Waals surface area contributed by atoms with Gasteiger partial charge in [-0.15, -0.1) is 0 Å². The Labute approximate surface area is 118 Å². The van der Waals surface area contributed by atoms with Crippen LogP contribution in [0, 0.1) is 0 Å². The third-order valence-electron chi connectivity index (χ3n) is 3.25. The van der Waals surface area contributed by atoms with E-state index in [1.165, 1.54) is 11.1 Å². The molecule has 1 atom stereocenters. The van der Waals surface area contributed by atoms with E-state index >= 15 is 0 Å². The van der Waals surface area contributed by atoms with Gasteiger partial charge in [-0.3, -0.25) is 4.98 Å². The van der Waals surface area contributed by atoms with Crippen molar-refractivity contribution in [2.75, 3.05) is 13.2 Å². The predicted octanol–water partition coefficient (Wildman–Crippen LogP) is 2.34. The Morgan fingerprint density at radius 1 is 1.15 bits per heavy atom. The fourth-order valence-corrected chi connectivity index (χ4v) is 2.24. The smallest absolute Gasteiger partial charge is 0.285 e. The summed E-state index contributed by atoms with van der Waals surface area (Å²) in [6, 6.07) is 15.1. The number of hydrogen-bond donors (Lipinski definition) is 1. The highest BCUT2D eigenvalue weighted by atomic mass is 16.5. The number of aliphatic imine (C=N–C) groups is 1. The van der Waals surface area contributed by atoms with Crippen molar-refractivity contribution in [2.24, 2.45) is 4.99 Å². The summed E-state index contributed by atoms with van der Waals surface area (Å²) < 4.78 is 5.47. The van der Waals surface area contributed by atoms with Gasteiger partial charge in [-0.05, 0) is 29.7 Å². The molecular formula is C16H17N3O. The fourth-order valence-electron chi connectivity index (χ4n) is 2.24. The van der Waals surface area contributed by atoms with Crippen LogP contribution < -0.4 is 5.32 Å². The third kappa shape index (κ3) is 3.15. The molecule has 1 aliphatic heterocycles.